The fraction of sp³-hybridized carbons (Fsp3) is 0.208. The Hall–Kier alpha value is -3.56. The summed E-state index contributed by atoms with van der Waals surface area (Å²) in [6.07, 6.45) is 3.29. The van der Waals surface area contributed by atoms with Gasteiger partial charge in [0.2, 0.25) is 5.95 Å². The van der Waals surface area contributed by atoms with Crippen molar-refractivity contribution in [1.82, 2.24) is 19.4 Å². The lowest BCUT2D eigenvalue weighted by molar-refractivity contribution is 0.270. The fourth-order valence-electron chi connectivity index (χ4n) is 3.97. The van der Waals surface area contributed by atoms with E-state index in [1.807, 2.05) is 4.90 Å². The number of nitrogens with one attached hydrogen (secondary N) is 1. The molecule has 11 heteroatoms. The number of rotatable bonds is 5. The molecule has 35 heavy (non-hydrogen) atoms. The number of hydrogen-bond donors (Lipinski definition) is 3. The maximum atomic E-state index is 15.0. The van der Waals surface area contributed by atoms with Crippen molar-refractivity contribution >= 4 is 33.3 Å². The molecule has 5 rings (SSSR count). The second-order valence-corrected chi connectivity index (χ2v) is 10.8. The summed E-state index contributed by atoms with van der Waals surface area (Å²) in [5.41, 5.74) is 1.94. The van der Waals surface area contributed by atoms with Crippen LogP contribution in [0.5, 0.6) is 0 Å². The first-order valence-electron chi connectivity index (χ1n) is 10.9. The van der Waals surface area contributed by atoms with Gasteiger partial charge in [-0.25, -0.2) is 13.8 Å². The molecular weight excluding hydrogens is 474 g/mol. The minimum Gasteiger partial charge on any atom is -0.324 e. The van der Waals surface area contributed by atoms with E-state index < -0.39 is 22.2 Å². The van der Waals surface area contributed by atoms with Crippen LogP contribution in [0.3, 0.4) is 0 Å². The lowest BCUT2D eigenvalue weighted by Crippen LogP contribution is -2.38. The molecule has 0 radical (unpaired) electrons. The number of aromatic nitrogens is 3. The summed E-state index contributed by atoms with van der Waals surface area (Å²) in [7, 11) is -2.57. The molecule has 4 aromatic rings. The van der Waals surface area contributed by atoms with Crippen molar-refractivity contribution in [3.05, 3.63) is 77.6 Å². The van der Waals surface area contributed by atoms with Gasteiger partial charge in [-0.05, 0) is 42.5 Å². The first-order chi connectivity index (χ1) is 16.8. The van der Waals surface area contributed by atoms with Crippen LogP contribution in [0.1, 0.15) is 11.1 Å². The van der Waals surface area contributed by atoms with E-state index in [-0.39, 0.29) is 29.3 Å². The van der Waals surface area contributed by atoms with Gasteiger partial charge in [-0.2, -0.15) is 20.8 Å². The maximum absolute atomic E-state index is 15.0. The highest BCUT2D eigenvalue weighted by Crippen LogP contribution is 2.40. The highest BCUT2D eigenvalue weighted by atomic mass is 32.3. The van der Waals surface area contributed by atoms with Crippen LogP contribution in [0.15, 0.2) is 54.9 Å². The van der Waals surface area contributed by atoms with Crippen LogP contribution in [0.2, 0.25) is 0 Å². The predicted octanol–water partition coefficient (Wildman–Crippen LogP) is 4.88. The fourth-order valence-corrected chi connectivity index (χ4v) is 5.28. The summed E-state index contributed by atoms with van der Waals surface area (Å²) < 4.78 is 51.1. The van der Waals surface area contributed by atoms with Crippen molar-refractivity contribution in [3.8, 4) is 11.8 Å². The van der Waals surface area contributed by atoms with E-state index in [2.05, 4.69) is 21.4 Å². The topological polar surface area (TPSA) is 110 Å². The number of hydrogen-bond acceptors (Lipinski definition) is 7. The second-order valence-electron chi connectivity index (χ2n) is 8.35. The molecule has 3 N–H and O–H groups in total. The van der Waals surface area contributed by atoms with Gasteiger partial charge in [0.15, 0.2) is 0 Å². The Morgan fingerprint density at radius 2 is 1.74 bits per heavy atom. The normalized spacial score (nSPS) is 16.7. The zero-order chi connectivity index (χ0) is 24.6. The van der Waals surface area contributed by atoms with Crippen LogP contribution in [0, 0.1) is 23.0 Å². The average Bonchev–Trinajstić information content (AvgIpc) is 3.26. The zero-order valence-corrected chi connectivity index (χ0v) is 19.3. The van der Waals surface area contributed by atoms with Crippen LogP contribution < -0.4 is 5.32 Å². The van der Waals surface area contributed by atoms with E-state index in [0.29, 0.717) is 41.3 Å². The molecular formula is C24H22F2N6O2S. The molecule has 2 aromatic heterocycles. The van der Waals surface area contributed by atoms with Crippen LogP contribution in [-0.2, 0) is 6.54 Å². The third kappa shape index (κ3) is 4.96. The van der Waals surface area contributed by atoms with Gasteiger partial charge in [-0.1, -0.05) is 0 Å². The molecule has 180 valence electrons. The quantitative estimate of drug-likeness (QED) is 0.361. The Kier molecular flexibility index (Phi) is 6.12. The van der Waals surface area contributed by atoms with Gasteiger partial charge >= 0.3 is 0 Å². The Balaban J connectivity index is 1.40. The van der Waals surface area contributed by atoms with E-state index in [1.54, 1.807) is 47.3 Å². The third-order valence-corrected chi connectivity index (χ3v) is 7.62. The van der Waals surface area contributed by atoms with Crippen molar-refractivity contribution in [2.75, 3.05) is 29.9 Å². The predicted molar refractivity (Wildman–Crippen MR) is 131 cm³/mol. The molecule has 1 saturated heterocycles. The molecule has 8 nitrogen and oxygen atoms in total. The van der Waals surface area contributed by atoms with Crippen LogP contribution in [0.4, 0.5) is 20.4 Å². The van der Waals surface area contributed by atoms with Gasteiger partial charge in [0.05, 0.1) is 28.8 Å². The lowest BCUT2D eigenvalue weighted by Gasteiger charge is -2.41. The Morgan fingerprint density at radius 3 is 2.40 bits per heavy atom. The van der Waals surface area contributed by atoms with Gasteiger partial charge in [0, 0.05) is 48.7 Å². The maximum Gasteiger partial charge on any atom is 0.229 e. The lowest BCUT2D eigenvalue weighted by atomic mass is 10.1. The summed E-state index contributed by atoms with van der Waals surface area (Å²) in [6, 6.07) is 13.2. The molecule has 0 aliphatic carbocycles. The largest absolute Gasteiger partial charge is 0.324 e. The molecule has 0 atom stereocenters. The molecule has 0 bridgehead atoms. The SMILES string of the molecule is N#Cc1ccc(Nc2ncc3ccn(-c4cc(F)c(CN5CCS(O)(O)CC5)c(F)c4)c3n2)cc1. The van der Waals surface area contributed by atoms with Crippen molar-refractivity contribution in [3.63, 3.8) is 0 Å². The Labute approximate surface area is 201 Å². The molecule has 3 heterocycles. The number of halogens is 2. The third-order valence-electron chi connectivity index (χ3n) is 5.95. The molecule has 0 amide bonds. The number of benzene rings is 2. The standard InChI is InChI=1S/C24H22F2N6O2S/c25-21-11-19(12-22(26)20(21)15-31-7-9-35(33,34)10-8-31)32-6-5-17-14-28-24(30-23(17)32)29-18-3-1-16(13-27)2-4-18/h1-6,11-12,14,33-34H,7-10,15H2,(H,28,29,30). The summed E-state index contributed by atoms with van der Waals surface area (Å²) in [5.74, 6) is -0.631. The Morgan fingerprint density at radius 1 is 1.06 bits per heavy atom. The number of nitrogens with zero attached hydrogens (tertiary/aromatic N) is 5. The average molecular weight is 497 g/mol. The zero-order valence-electron chi connectivity index (χ0n) is 18.5. The van der Waals surface area contributed by atoms with Gasteiger partial charge in [0.25, 0.3) is 0 Å². The van der Waals surface area contributed by atoms with Gasteiger partial charge < -0.3 is 9.88 Å². The van der Waals surface area contributed by atoms with E-state index in [4.69, 9.17) is 5.26 Å². The van der Waals surface area contributed by atoms with Crippen LogP contribution >= 0.6 is 10.6 Å². The second kappa shape index (κ2) is 9.24. The number of fused-ring (bicyclic) bond motifs is 1. The summed E-state index contributed by atoms with van der Waals surface area (Å²) in [6.45, 7) is 0.801. The molecule has 0 spiro atoms. The molecule has 1 fully saturated rings. The van der Waals surface area contributed by atoms with Gasteiger partial charge in [-0.15, -0.1) is 0 Å². The van der Waals surface area contributed by atoms with E-state index in [1.165, 1.54) is 12.1 Å². The molecule has 0 unspecified atom stereocenters. The first kappa shape index (κ1) is 23.2. The van der Waals surface area contributed by atoms with Crippen molar-refractivity contribution < 1.29 is 17.9 Å². The van der Waals surface area contributed by atoms with E-state index in [9.17, 15) is 17.9 Å². The van der Waals surface area contributed by atoms with Crippen molar-refractivity contribution in [2.24, 2.45) is 0 Å². The van der Waals surface area contributed by atoms with Crippen LogP contribution in [-0.4, -0.2) is 53.1 Å². The summed E-state index contributed by atoms with van der Waals surface area (Å²) >= 11 is 0. The van der Waals surface area contributed by atoms with Crippen LogP contribution in [0.25, 0.3) is 16.7 Å². The Bertz CT molecular complexity index is 1400. The number of nitriles is 1. The summed E-state index contributed by atoms with van der Waals surface area (Å²) in [4.78, 5) is 10.6. The van der Waals surface area contributed by atoms with Gasteiger partial charge in [0.1, 0.15) is 17.3 Å². The molecule has 2 aromatic carbocycles. The highest BCUT2D eigenvalue weighted by molar-refractivity contribution is 8.24. The minimum atomic E-state index is -2.57. The molecule has 1 aliphatic rings. The minimum absolute atomic E-state index is 0.0543. The summed E-state index contributed by atoms with van der Waals surface area (Å²) in [5, 5.41) is 12.7. The van der Waals surface area contributed by atoms with E-state index >= 15 is 0 Å². The number of anilines is 2. The van der Waals surface area contributed by atoms with Gasteiger partial charge in [-0.3, -0.25) is 14.0 Å². The molecule has 0 saturated carbocycles. The monoisotopic (exact) mass is 496 g/mol. The van der Waals surface area contributed by atoms with E-state index in [0.717, 1.165) is 0 Å². The van der Waals surface area contributed by atoms with Crippen molar-refractivity contribution in [1.29, 1.82) is 5.26 Å². The smallest absolute Gasteiger partial charge is 0.229 e. The van der Waals surface area contributed by atoms with Crippen molar-refractivity contribution in [2.45, 2.75) is 6.54 Å². The highest BCUT2D eigenvalue weighted by Gasteiger charge is 2.24. The first-order valence-corrected chi connectivity index (χ1v) is 12.8. The molecule has 1 aliphatic heterocycles.